The Morgan fingerprint density at radius 2 is 2.13 bits per heavy atom. The van der Waals surface area contributed by atoms with Crippen LogP contribution in [0.1, 0.15) is 37.3 Å². The van der Waals surface area contributed by atoms with Gasteiger partial charge in [0.2, 0.25) is 0 Å². The number of ether oxygens (including phenoxy) is 4. The highest BCUT2D eigenvalue weighted by Gasteiger charge is 2.22. The van der Waals surface area contributed by atoms with E-state index in [4.69, 9.17) is 23.9 Å². The second-order valence-corrected chi connectivity index (χ2v) is 7.55. The SMILES string of the molecule is CCNC(=NCCc1cc(F)cc2c1OCOC2)N1CCC(OCCCOC)CC1. The van der Waals surface area contributed by atoms with E-state index >= 15 is 0 Å². The number of guanidine groups is 1. The minimum Gasteiger partial charge on any atom is -0.467 e. The van der Waals surface area contributed by atoms with Crippen LogP contribution < -0.4 is 10.1 Å². The van der Waals surface area contributed by atoms with Crippen molar-refractivity contribution in [1.82, 2.24) is 10.2 Å². The molecule has 0 aliphatic carbocycles. The van der Waals surface area contributed by atoms with Crippen molar-refractivity contribution in [3.63, 3.8) is 0 Å². The molecule has 2 aliphatic heterocycles. The maximum Gasteiger partial charge on any atom is 0.193 e. The number of hydrogen-bond acceptors (Lipinski definition) is 5. The molecule has 0 radical (unpaired) electrons. The number of aliphatic imine (C=N–C) groups is 1. The smallest absolute Gasteiger partial charge is 0.193 e. The summed E-state index contributed by atoms with van der Waals surface area (Å²) in [5.74, 6) is 1.39. The van der Waals surface area contributed by atoms with Crippen molar-refractivity contribution < 1.29 is 23.3 Å². The fourth-order valence-electron chi connectivity index (χ4n) is 3.84. The summed E-state index contributed by atoms with van der Waals surface area (Å²) in [6.07, 6.45) is 3.83. The lowest BCUT2D eigenvalue weighted by atomic mass is 10.1. The van der Waals surface area contributed by atoms with Crippen LogP contribution in [0.4, 0.5) is 4.39 Å². The first-order chi connectivity index (χ1) is 14.7. The molecule has 1 aromatic carbocycles. The summed E-state index contributed by atoms with van der Waals surface area (Å²) in [5.41, 5.74) is 1.61. The van der Waals surface area contributed by atoms with E-state index < -0.39 is 0 Å². The quantitative estimate of drug-likeness (QED) is 0.374. The summed E-state index contributed by atoms with van der Waals surface area (Å²) in [5, 5.41) is 3.38. The Hall–Kier alpha value is -1.90. The Morgan fingerprint density at radius 1 is 1.30 bits per heavy atom. The minimum atomic E-state index is -0.263. The summed E-state index contributed by atoms with van der Waals surface area (Å²) >= 11 is 0. The zero-order valence-corrected chi connectivity index (χ0v) is 18.1. The Morgan fingerprint density at radius 3 is 2.90 bits per heavy atom. The van der Waals surface area contributed by atoms with Crippen LogP contribution in [0.25, 0.3) is 0 Å². The standard InChI is InChI=1S/C22H34FN3O4/c1-3-24-22(26-9-6-20(7-10-26)29-12-4-11-27-2)25-8-5-17-13-19(23)14-18-15-28-16-30-21(17)18/h13-14,20H,3-12,15-16H2,1-2H3,(H,24,25). The van der Waals surface area contributed by atoms with Gasteiger partial charge >= 0.3 is 0 Å². The number of benzene rings is 1. The first kappa shape index (κ1) is 22.8. The van der Waals surface area contributed by atoms with Gasteiger partial charge in [-0.25, -0.2) is 4.39 Å². The zero-order valence-electron chi connectivity index (χ0n) is 18.1. The molecule has 0 unspecified atom stereocenters. The molecule has 168 valence electrons. The lowest BCUT2D eigenvalue weighted by Gasteiger charge is -2.34. The van der Waals surface area contributed by atoms with Crippen molar-refractivity contribution in [2.24, 2.45) is 4.99 Å². The average molecular weight is 424 g/mol. The number of piperidine rings is 1. The second-order valence-electron chi connectivity index (χ2n) is 7.55. The molecule has 2 aliphatic rings. The van der Waals surface area contributed by atoms with Gasteiger partial charge in [0, 0.05) is 52.1 Å². The zero-order chi connectivity index (χ0) is 21.2. The van der Waals surface area contributed by atoms with Crippen LogP contribution in [0.5, 0.6) is 5.75 Å². The summed E-state index contributed by atoms with van der Waals surface area (Å²) < 4.78 is 35.8. The molecule has 2 heterocycles. The van der Waals surface area contributed by atoms with Gasteiger partial charge in [0.15, 0.2) is 12.8 Å². The van der Waals surface area contributed by atoms with E-state index in [0.29, 0.717) is 25.7 Å². The predicted molar refractivity (Wildman–Crippen MR) is 113 cm³/mol. The molecule has 0 spiro atoms. The van der Waals surface area contributed by atoms with E-state index in [1.165, 1.54) is 6.07 Å². The van der Waals surface area contributed by atoms with Crippen LogP contribution in [-0.4, -0.2) is 70.3 Å². The Labute approximate surface area is 178 Å². The van der Waals surface area contributed by atoms with Crippen LogP contribution >= 0.6 is 0 Å². The average Bonchev–Trinajstić information content (AvgIpc) is 2.76. The van der Waals surface area contributed by atoms with Crippen molar-refractivity contribution >= 4 is 5.96 Å². The summed E-state index contributed by atoms with van der Waals surface area (Å²) in [4.78, 5) is 7.07. The topological polar surface area (TPSA) is 64.6 Å². The van der Waals surface area contributed by atoms with E-state index in [1.54, 1.807) is 13.2 Å². The second kappa shape index (κ2) is 12.1. The predicted octanol–water partition coefficient (Wildman–Crippen LogP) is 2.72. The van der Waals surface area contributed by atoms with E-state index in [-0.39, 0.29) is 12.6 Å². The molecule has 7 nitrogen and oxygen atoms in total. The first-order valence-corrected chi connectivity index (χ1v) is 10.9. The Balaban J connectivity index is 1.53. The van der Waals surface area contributed by atoms with Crippen molar-refractivity contribution in [2.75, 3.05) is 53.3 Å². The van der Waals surface area contributed by atoms with Gasteiger partial charge < -0.3 is 29.2 Å². The maximum absolute atomic E-state index is 13.9. The van der Waals surface area contributed by atoms with E-state index in [1.807, 2.05) is 0 Å². The molecular weight excluding hydrogens is 389 g/mol. The molecule has 0 amide bonds. The summed E-state index contributed by atoms with van der Waals surface area (Å²) in [6, 6.07) is 3.02. The number of likely N-dealkylation sites (tertiary alicyclic amines) is 1. The number of methoxy groups -OCH3 is 1. The van der Waals surface area contributed by atoms with Crippen LogP contribution in [0.3, 0.4) is 0 Å². The molecule has 30 heavy (non-hydrogen) atoms. The molecule has 8 heteroatoms. The van der Waals surface area contributed by atoms with Crippen LogP contribution in [0.15, 0.2) is 17.1 Å². The molecule has 1 saturated heterocycles. The van der Waals surface area contributed by atoms with Gasteiger partial charge in [0.1, 0.15) is 11.6 Å². The number of hydrogen-bond donors (Lipinski definition) is 1. The van der Waals surface area contributed by atoms with Crippen molar-refractivity contribution in [2.45, 2.75) is 45.3 Å². The van der Waals surface area contributed by atoms with Crippen molar-refractivity contribution in [3.05, 3.63) is 29.1 Å². The molecule has 0 bridgehead atoms. The van der Waals surface area contributed by atoms with Gasteiger partial charge in [0.25, 0.3) is 0 Å². The maximum atomic E-state index is 13.9. The normalized spacial score (nSPS) is 17.6. The summed E-state index contributed by atoms with van der Waals surface area (Å²) in [7, 11) is 1.71. The Kier molecular flexibility index (Phi) is 9.17. The highest BCUT2D eigenvalue weighted by molar-refractivity contribution is 5.80. The molecule has 1 aromatic rings. The highest BCUT2D eigenvalue weighted by Crippen LogP contribution is 2.29. The minimum absolute atomic E-state index is 0.208. The largest absolute Gasteiger partial charge is 0.467 e. The van der Waals surface area contributed by atoms with Crippen LogP contribution in [-0.2, 0) is 27.2 Å². The van der Waals surface area contributed by atoms with Gasteiger partial charge in [-0.05, 0) is 50.3 Å². The van der Waals surface area contributed by atoms with Gasteiger partial charge in [-0.15, -0.1) is 0 Å². The highest BCUT2D eigenvalue weighted by atomic mass is 19.1. The van der Waals surface area contributed by atoms with Crippen molar-refractivity contribution in [3.8, 4) is 5.75 Å². The third-order valence-corrected chi connectivity index (χ3v) is 5.32. The molecule has 0 aromatic heterocycles. The number of nitrogens with zero attached hydrogens (tertiary/aromatic N) is 2. The lowest BCUT2D eigenvalue weighted by molar-refractivity contribution is -0.0172. The molecule has 3 rings (SSSR count). The third-order valence-electron chi connectivity index (χ3n) is 5.32. The van der Waals surface area contributed by atoms with Crippen LogP contribution in [0.2, 0.25) is 0 Å². The summed E-state index contributed by atoms with van der Waals surface area (Å²) in [6.45, 7) is 7.35. The van der Waals surface area contributed by atoms with Gasteiger partial charge in [-0.1, -0.05) is 0 Å². The third kappa shape index (κ3) is 6.55. The van der Waals surface area contributed by atoms with E-state index in [0.717, 1.165) is 74.9 Å². The molecular formula is C22H34FN3O4. The fourth-order valence-corrected chi connectivity index (χ4v) is 3.84. The number of nitrogens with one attached hydrogen (secondary N) is 1. The first-order valence-electron chi connectivity index (χ1n) is 10.9. The van der Waals surface area contributed by atoms with E-state index in [2.05, 4.69) is 17.1 Å². The monoisotopic (exact) mass is 423 g/mol. The molecule has 0 atom stereocenters. The number of halogens is 1. The van der Waals surface area contributed by atoms with Gasteiger partial charge in [-0.2, -0.15) is 0 Å². The number of fused-ring (bicyclic) bond motifs is 1. The van der Waals surface area contributed by atoms with Gasteiger partial charge in [0.05, 0.1) is 12.7 Å². The van der Waals surface area contributed by atoms with E-state index in [9.17, 15) is 4.39 Å². The molecule has 0 saturated carbocycles. The van der Waals surface area contributed by atoms with Crippen LogP contribution in [0, 0.1) is 5.82 Å². The lowest BCUT2D eigenvalue weighted by Crippen LogP contribution is -2.47. The molecule has 1 fully saturated rings. The van der Waals surface area contributed by atoms with Crippen molar-refractivity contribution in [1.29, 1.82) is 0 Å². The fraction of sp³-hybridized carbons (Fsp3) is 0.682. The molecule has 1 N–H and O–H groups in total. The Bertz CT molecular complexity index is 693. The number of rotatable bonds is 9. The van der Waals surface area contributed by atoms with Gasteiger partial charge in [-0.3, -0.25) is 4.99 Å².